The van der Waals surface area contributed by atoms with Crippen molar-refractivity contribution in [1.82, 2.24) is 24.2 Å². The summed E-state index contributed by atoms with van der Waals surface area (Å²) in [7, 11) is 2.98. The average Bonchev–Trinajstić information content (AvgIpc) is 3.76. The second kappa shape index (κ2) is 22.2. The Morgan fingerprint density at radius 3 is 2.40 bits per heavy atom. The van der Waals surface area contributed by atoms with Crippen LogP contribution in [0.25, 0.3) is 11.4 Å². The van der Waals surface area contributed by atoms with E-state index in [0.29, 0.717) is 72.8 Å². The van der Waals surface area contributed by atoms with Crippen molar-refractivity contribution in [2.45, 2.75) is 101 Å². The quantitative estimate of drug-likeness (QED) is 0.0441. The van der Waals surface area contributed by atoms with Crippen LogP contribution < -0.4 is 24.8 Å². The lowest BCUT2D eigenvalue weighted by molar-refractivity contribution is -0.751. The molecule has 2 aromatic heterocycles. The molecule has 3 atom stereocenters. The number of methoxy groups -OCH3 is 1. The molecule has 77 heavy (non-hydrogen) atoms. The predicted molar refractivity (Wildman–Crippen MR) is 294 cm³/mol. The van der Waals surface area contributed by atoms with Crippen LogP contribution in [0.5, 0.6) is 17.2 Å². The minimum atomic E-state index is -2.52. The Hall–Kier alpha value is -6.38. The second-order valence-electron chi connectivity index (χ2n) is 22.2. The first kappa shape index (κ1) is 54.0. The minimum Gasteiger partial charge on any atom is -0.629 e. The fourth-order valence-corrected chi connectivity index (χ4v) is 12.9. The number of benzene rings is 3. The van der Waals surface area contributed by atoms with E-state index in [9.17, 15) is 29.7 Å². The Bertz CT molecular complexity index is 3040. The maximum atomic E-state index is 15.0. The minimum absolute atomic E-state index is 0.0206. The molecular weight excluding hydrogens is 1000 g/mol. The molecule has 4 N–H and O–H groups in total. The van der Waals surface area contributed by atoms with Crippen LogP contribution in [0.4, 0.5) is 21.6 Å². The van der Waals surface area contributed by atoms with Crippen molar-refractivity contribution in [1.29, 1.82) is 0 Å². The number of ether oxygens (including phenoxy) is 2. The number of rotatable bonds is 15. The molecule has 4 heterocycles. The van der Waals surface area contributed by atoms with Gasteiger partial charge in [0.15, 0.2) is 11.5 Å². The van der Waals surface area contributed by atoms with Gasteiger partial charge >= 0.3 is 5.91 Å². The largest absolute Gasteiger partial charge is 0.629 e. The Morgan fingerprint density at radius 2 is 1.70 bits per heavy atom. The fraction of sp³-hybridized carbons (Fsp3) is 0.424. The van der Waals surface area contributed by atoms with Gasteiger partial charge in [0.05, 0.1) is 55.5 Å². The standard InChI is InChI=1S/C59H69FN8O8S/c1-37(2)46-9-7-8-10-47(46)52-36-66(56(69)40-11-14-43(75-6)15-12-40)25-26-67(52)42-31-59(32-42)21-23-65(24-22-59)41-13-16-48(53(28-41)76-44-29-49-50(60)27-38(3)54(49)61-34-44)57(70)68(73)77(74)45-30-51(64(5)72)55(63-35-45)62-33-39-17-19-58(4,71)20-18-39/h7-16,27-30,34-35,37,39,42,52,64,71,73H,3,17-26,31-33,36H2,1-2,4-6H3,(H,62,63)/t39-,52-,58-,77?/m0/s1. The summed E-state index contributed by atoms with van der Waals surface area (Å²) in [5.41, 5.74) is 4.44. The van der Waals surface area contributed by atoms with Crippen molar-refractivity contribution in [3.8, 4) is 17.2 Å². The van der Waals surface area contributed by atoms with Crippen LogP contribution in [0.2, 0.25) is 0 Å². The Balaban J connectivity index is 0.846. The van der Waals surface area contributed by atoms with Gasteiger partial charge in [0.1, 0.15) is 34.4 Å². The monoisotopic (exact) mass is 1070 g/mol. The molecule has 10 rings (SSSR count). The molecule has 16 nitrogen and oxygen atoms in total. The number of aliphatic hydroxyl groups is 1. The SMILES string of the molecule is C=C1C=C(F)c2cc(Oc3cc(N4CCC5(CC4)CC(N4CCN(C(=O)c6ccc(OC)cc6)C[C@H]4c4ccccc4C(C)C)C5)ccc3C(=O)N(O)[S+]([O-])c3cnc(NC[C@H]4CC[C@](C)(O)CC4)c([NH+](C)[O-])c3)cnc21. The third kappa shape index (κ3) is 11.3. The van der Waals surface area contributed by atoms with Gasteiger partial charge in [-0.15, -0.1) is 0 Å². The van der Waals surface area contributed by atoms with E-state index in [0.717, 1.165) is 63.8 Å². The molecule has 2 unspecified atom stereocenters. The Labute approximate surface area is 453 Å². The number of carbonyl (C=O) groups excluding carboxylic acids is 2. The molecule has 18 heteroatoms. The third-order valence-electron chi connectivity index (χ3n) is 16.7. The topological polar surface area (TPSA) is 194 Å². The molecule has 5 aliphatic rings. The van der Waals surface area contributed by atoms with E-state index in [1.165, 1.54) is 54.8 Å². The van der Waals surface area contributed by atoms with Crippen LogP contribution in [0, 0.1) is 16.5 Å². The number of nitrogens with one attached hydrogen (secondary N) is 2. The summed E-state index contributed by atoms with van der Waals surface area (Å²) in [6.07, 6.45) is 10.9. The number of nitrogens with zero attached hydrogens (tertiary/aromatic N) is 6. The molecule has 4 fully saturated rings. The number of pyridine rings is 2. The van der Waals surface area contributed by atoms with E-state index in [2.05, 4.69) is 69.8 Å². The number of hydrogen-bond acceptors (Lipinski definition) is 13. The van der Waals surface area contributed by atoms with Crippen LogP contribution >= 0.6 is 0 Å². The van der Waals surface area contributed by atoms with E-state index in [-0.39, 0.29) is 66.0 Å². The summed E-state index contributed by atoms with van der Waals surface area (Å²) < 4.78 is 40.8. The number of piperazine rings is 1. The molecule has 0 bridgehead atoms. The lowest BCUT2D eigenvalue weighted by atomic mass is 9.59. The summed E-state index contributed by atoms with van der Waals surface area (Å²) in [5, 5.41) is 37.5. The van der Waals surface area contributed by atoms with Gasteiger partial charge in [-0.3, -0.25) is 19.5 Å². The highest BCUT2D eigenvalue weighted by Crippen LogP contribution is 2.53. The summed E-state index contributed by atoms with van der Waals surface area (Å²) in [6.45, 7) is 14.2. The lowest BCUT2D eigenvalue weighted by Crippen LogP contribution is -2.98. The molecule has 1 spiro atoms. The molecular formula is C59H69FN8O8S. The summed E-state index contributed by atoms with van der Waals surface area (Å²) >= 11 is -2.52. The van der Waals surface area contributed by atoms with E-state index >= 15 is 4.39 Å². The van der Waals surface area contributed by atoms with Gasteiger partial charge in [0.2, 0.25) is 4.90 Å². The fourth-order valence-electron chi connectivity index (χ4n) is 12.1. The number of carbonyl (C=O) groups is 2. The number of hydrogen-bond donors (Lipinski definition) is 4. The smallest absolute Gasteiger partial charge is 0.329 e. The Morgan fingerprint density at radius 1 is 0.974 bits per heavy atom. The van der Waals surface area contributed by atoms with Gasteiger partial charge in [-0.2, -0.15) is 0 Å². The molecule has 406 valence electrons. The van der Waals surface area contributed by atoms with Crippen molar-refractivity contribution in [2.24, 2.45) is 11.3 Å². The highest BCUT2D eigenvalue weighted by molar-refractivity contribution is 7.89. The van der Waals surface area contributed by atoms with Crippen LogP contribution in [0.15, 0.2) is 109 Å². The first-order valence-electron chi connectivity index (χ1n) is 26.7. The number of aromatic nitrogens is 2. The number of fused-ring (bicyclic) bond motifs is 1. The number of quaternary nitrogens is 1. The van der Waals surface area contributed by atoms with Gasteiger partial charge in [0.25, 0.3) is 5.91 Å². The van der Waals surface area contributed by atoms with Gasteiger partial charge in [-0.25, -0.2) is 14.6 Å². The molecule has 3 aliphatic carbocycles. The van der Waals surface area contributed by atoms with E-state index < -0.39 is 28.7 Å². The Kier molecular flexibility index (Phi) is 15.5. The van der Waals surface area contributed by atoms with Gasteiger partial charge < -0.3 is 44.5 Å². The third-order valence-corrected chi connectivity index (χ3v) is 17.8. The van der Waals surface area contributed by atoms with Gasteiger partial charge in [0, 0.05) is 68.2 Å². The van der Waals surface area contributed by atoms with Crippen LogP contribution in [0.1, 0.15) is 127 Å². The highest BCUT2D eigenvalue weighted by atomic mass is 32.2. The molecule has 5 aromatic rings. The van der Waals surface area contributed by atoms with Crippen molar-refractivity contribution >= 4 is 51.8 Å². The summed E-state index contributed by atoms with van der Waals surface area (Å²) in [4.78, 5) is 43.9. The van der Waals surface area contributed by atoms with Crippen molar-refractivity contribution < 1.29 is 43.4 Å². The average molecular weight is 1070 g/mol. The number of halogens is 1. The zero-order valence-corrected chi connectivity index (χ0v) is 45.3. The van der Waals surface area contributed by atoms with E-state index in [1.807, 2.05) is 36.1 Å². The predicted octanol–water partition coefficient (Wildman–Crippen LogP) is 9.24. The molecule has 2 amide bonds. The van der Waals surface area contributed by atoms with E-state index in [4.69, 9.17) is 9.47 Å². The summed E-state index contributed by atoms with van der Waals surface area (Å²) in [6, 6.07) is 24.2. The zero-order chi connectivity index (χ0) is 54.3. The highest BCUT2D eigenvalue weighted by Gasteiger charge is 2.50. The molecule has 0 radical (unpaired) electrons. The maximum Gasteiger partial charge on any atom is 0.329 e. The maximum absolute atomic E-state index is 15.0. The zero-order valence-electron chi connectivity index (χ0n) is 44.5. The first-order valence-corrected chi connectivity index (χ1v) is 27.8. The second-order valence-corrected chi connectivity index (χ2v) is 23.5. The number of piperidine rings is 1. The van der Waals surface area contributed by atoms with Gasteiger partial charge in [-0.1, -0.05) is 44.7 Å². The first-order chi connectivity index (χ1) is 36.9. The molecule has 2 saturated heterocycles. The number of allylic oxidation sites excluding steroid dienone is 2. The van der Waals surface area contributed by atoms with Crippen LogP contribution in [0.3, 0.4) is 0 Å². The molecule has 2 aliphatic heterocycles. The normalized spacial score (nSPS) is 22.3. The molecule has 3 aromatic carbocycles. The number of amides is 2. The molecule has 2 saturated carbocycles. The van der Waals surface area contributed by atoms with Crippen molar-refractivity contribution in [3.05, 3.63) is 143 Å². The van der Waals surface area contributed by atoms with Gasteiger partial charge in [-0.05, 0) is 145 Å². The lowest BCUT2D eigenvalue weighted by Gasteiger charge is -2.58. The number of anilines is 2. The van der Waals surface area contributed by atoms with Crippen LogP contribution in [-0.2, 0) is 11.4 Å². The summed E-state index contributed by atoms with van der Waals surface area (Å²) in [5.74, 6) is 0.200. The number of hydroxylamine groups is 2. The van der Waals surface area contributed by atoms with Crippen molar-refractivity contribution in [3.63, 3.8) is 0 Å². The van der Waals surface area contributed by atoms with E-state index in [1.54, 1.807) is 19.2 Å². The van der Waals surface area contributed by atoms with Crippen LogP contribution in [-0.4, -0.2) is 116 Å². The van der Waals surface area contributed by atoms with Crippen molar-refractivity contribution in [2.75, 3.05) is 63.6 Å².